The number of nitrogens with zero attached hydrogens (tertiary/aromatic N) is 2. The quantitative estimate of drug-likeness (QED) is 0.241. The summed E-state index contributed by atoms with van der Waals surface area (Å²) in [6.07, 6.45) is 9.45. The zero-order valence-corrected chi connectivity index (χ0v) is 22.4. The minimum Gasteiger partial charge on any atom is -0.496 e. The number of rotatable bonds is 10. The highest BCUT2D eigenvalue weighted by Gasteiger charge is 2.48. The maximum atomic E-state index is 13.0. The molecule has 1 saturated carbocycles. The predicted molar refractivity (Wildman–Crippen MR) is 145 cm³/mol. The molecule has 0 unspecified atom stereocenters. The highest BCUT2D eigenvalue weighted by atomic mass is 32.1. The summed E-state index contributed by atoms with van der Waals surface area (Å²) < 4.78 is 17.7. The molecule has 1 aliphatic heterocycles. The number of benzene rings is 1. The molecule has 2 aromatic heterocycles. The summed E-state index contributed by atoms with van der Waals surface area (Å²) in [7, 11) is 1.69. The Bertz CT molecular complexity index is 1150. The summed E-state index contributed by atoms with van der Waals surface area (Å²) >= 11 is 1.65. The van der Waals surface area contributed by atoms with Crippen LogP contribution in [0.2, 0.25) is 0 Å². The SMILES string of the molecule is COc1ccsc1CN(CC[C@@]1(c2ccccn2)CCOC2(CCCC2)C1)CC(=O)Oc1ccccc1. The minimum atomic E-state index is -0.257. The second-order valence-electron chi connectivity index (χ2n) is 10.3. The average Bonchev–Trinajstić information content (AvgIpc) is 3.57. The molecule has 0 N–H and O–H groups in total. The second-order valence-corrected chi connectivity index (χ2v) is 11.3. The van der Waals surface area contributed by atoms with Gasteiger partial charge in [0.05, 0.1) is 24.1 Å². The number of para-hydroxylation sites is 1. The summed E-state index contributed by atoms with van der Waals surface area (Å²) in [6, 6.07) is 17.5. The molecule has 1 saturated heterocycles. The Morgan fingerprint density at radius 1 is 1.08 bits per heavy atom. The summed E-state index contributed by atoms with van der Waals surface area (Å²) in [5.74, 6) is 1.17. The molecule has 0 radical (unpaired) electrons. The highest BCUT2D eigenvalue weighted by molar-refractivity contribution is 7.10. The van der Waals surface area contributed by atoms with Crippen LogP contribution in [-0.2, 0) is 21.5 Å². The van der Waals surface area contributed by atoms with Crippen LogP contribution in [0.15, 0.2) is 66.2 Å². The molecule has 196 valence electrons. The van der Waals surface area contributed by atoms with Crippen molar-refractivity contribution in [2.75, 3.05) is 26.8 Å². The van der Waals surface area contributed by atoms with Crippen LogP contribution in [0.5, 0.6) is 11.5 Å². The maximum Gasteiger partial charge on any atom is 0.325 e. The van der Waals surface area contributed by atoms with E-state index in [0.717, 1.165) is 61.6 Å². The van der Waals surface area contributed by atoms with E-state index in [1.165, 1.54) is 12.8 Å². The van der Waals surface area contributed by atoms with Gasteiger partial charge >= 0.3 is 5.97 Å². The van der Waals surface area contributed by atoms with Gasteiger partial charge in [0, 0.05) is 37.0 Å². The molecule has 37 heavy (non-hydrogen) atoms. The number of esters is 1. The van der Waals surface area contributed by atoms with Gasteiger partial charge in [0.1, 0.15) is 11.5 Å². The molecule has 5 rings (SSSR count). The smallest absolute Gasteiger partial charge is 0.325 e. The standard InChI is InChI=1S/C30H36N2O4S/c1-34-25-12-20-37-26(25)21-32(22-28(33)36-24-9-3-2-4-10-24)18-15-29(27-11-5-8-17-31-27)16-19-35-30(23-29)13-6-7-14-30/h2-5,8-12,17,20H,6-7,13-16,18-19,21-23H2,1H3/t29-/m1/s1. The van der Waals surface area contributed by atoms with Crippen molar-refractivity contribution < 1.29 is 19.0 Å². The number of methoxy groups -OCH3 is 1. The second kappa shape index (κ2) is 11.8. The van der Waals surface area contributed by atoms with Crippen LogP contribution < -0.4 is 9.47 Å². The molecule has 0 amide bonds. The molecule has 7 heteroatoms. The van der Waals surface area contributed by atoms with Gasteiger partial charge in [-0.05, 0) is 67.8 Å². The largest absolute Gasteiger partial charge is 0.496 e. The Kier molecular flexibility index (Phi) is 8.23. The highest BCUT2D eigenvalue weighted by Crippen LogP contribution is 2.49. The fourth-order valence-corrected chi connectivity index (χ4v) is 6.93. The molecule has 3 heterocycles. The third-order valence-electron chi connectivity index (χ3n) is 7.90. The van der Waals surface area contributed by atoms with Gasteiger partial charge in [0.15, 0.2) is 0 Å². The Morgan fingerprint density at radius 3 is 2.65 bits per heavy atom. The van der Waals surface area contributed by atoms with Gasteiger partial charge in [0.25, 0.3) is 0 Å². The van der Waals surface area contributed by atoms with E-state index in [-0.39, 0.29) is 23.5 Å². The number of ether oxygens (including phenoxy) is 3. The van der Waals surface area contributed by atoms with Gasteiger partial charge in [-0.2, -0.15) is 0 Å². The van der Waals surface area contributed by atoms with Gasteiger partial charge in [-0.25, -0.2) is 0 Å². The average molecular weight is 521 g/mol. The third-order valence-corrected chi connectivity index (χ3v) is 8.79. The normalized spacial score (nSPS) is 20.8. The zero-order valence-electron chi connectivity index (χ0n) is 21.6. The molecule has 0 bridgehead atoms. The molecule has 2 fully saturated rings. The maximum absolute atomic E-state index is 13.0. The first-order chi connectivity index (χ1) is 18.1. The first kappa shape index (κ1) is 25.9. The fourth-order valence-electron chi connectivity index (χ4n) is 6.05. The first-order valence-electron chi connectivity index (χ1n) is 13.2. The van der Waals surface area contributed by atoms with Crippen LogP contribution in [0.1, 0.15) is 55.5 Å². The van der Waals surface area contributed by atoms with E-state index in [0.29, 0.717) is 12.3 Å². The molecule has 1 aromatic carbocycles. The van der Waals surface area contributed by atoms with Crippen LogP contribution in [0.3, 0.4) is 0 Å². The monoisotopic (exact) mass is 520 g/mol. The Morgan fingerprint density at radius 2 is 1.89 bits per heavy atom. The summed E-state index contributed by atoms with van der Waals surface area (Å²) in [4.78, 5) is 21.1. The Labute approximate surface area is 223 Å². The van der Waals surface area contributed by atoms with Crippen LogP contribution in [0.4, 0.5) is 0 Å². The van der Waals surface area contributed by atoms with E-state index >= 15 is 0 Å². The van der Waals surface area contributed by atoms with Gasteiger partial charge in [-0.15, -0.1) is 11.3 Å². The van der Waals surface area contributed by atoms with E-state index in [9.17, 15) is 4.79 Å². The zero-order chi connectivity index (χ0) is 25.6. The number of carbonyl (C=O) groups is 1. The van der Waals surface area contributed by atoms with E-state index in [2.05, 4.69) is 17.0 Å². The topological polar surface area (TPSA) is 60.9 Å². The van der Waals surface area contributed by atoms with Crippen molar-refractivity contribution >= 4 is 17.3 Å². The van der Waals surface area contributed by atoms with Crippen LogP contribution >= 0.6 is 11.3 Å². The van der Waals surface area contributed by atoms with Crippen molar-refractivity contribution in [3.05, 3.63) is 76.7 Å². The molecule has 1 spiro atoms. The van der Waals surface area contributed by atoms with Gasteiger partial charge in [-0.1, -0.05) is 37.1 Å². The minimum absolute atomic E-state index is 0.0379. The van der Waals surface area contributed by atoms with Gasteiger partial charge in [-0.3, -0.25) is 14.7 Å². The van der Waals surface area contributed by atoms with Crippen LogP contribution in [0.25, 0.3) is 0 Å². The molecule has 6 nitrogen and oxygen atoms in total. The fraction of sp³-hybridized carbons (Fsp3) is 0.467. The first-order valence-corrected chi connectivity index (χ1v) is 14.1. The lowest BCUT2D eigenvalue weighted by molar-refractivity contribution is -0.136. The third kappa shape index (κ3) is 6.22. The molecule has 2 aliphatic rings. The summed E-state index contributed by atoms with van der Waals surface area (Å²) in [5.41, 5.74) is 1.03. The van der Waals surface area contributed by atoms with Crippen molar-refractivity contribution in [1.29, 1.82) is 0 Å². The lowest BCUT2D eigenvalue weighted by Gasteiger charge is -2.47. The van der Waals surface area contributed by atoms with Gasteiger partial charge < -0.3 is 14.2 Å². The van der Waals surface area contributed by atoms with Crippen molar-refractivity contribution in [2.24, 2.45) is 0 Å². The Balaban J connectivity index is 1.36. The van der Waals surface area contributed by atoms with Crippen molar-refractivity contribution in [1.82, 2.24) is 9.88 Å². The predicted octanol–water partition coefficient (Wildman–Crippen LogP) is 6.01. The number of aromatic nitrogens is 1. The van der Waals surface area contributed by atoms with Gasteiger partial charge in [0.2, 0.25) is 0 Å². The Hall–Kier alpha value is -2.74. The molecular weight excluding hydrogens is 484 g/mol. The summed E-state index contributed by atoms with van der Waals surface area (Å²) in [6.45, 7) is 2.34. The van der Waals surface area contributed by atoms with E-state index in [4.69, 9.17) is 19.2 Å². The van der Waals surface area contributed by atoms with E-state index in [1.54, 1.807) is 18.4 Å². The van der Waals surface area contributed by atoms with Crippen molar-refractivity contribution in [3.8, 4) is 11.5 Å². The van der Waals surface area contributed by atoms with Crippen LogP contribution in [-0.4, -0.2) is 48.3 Å². The van der Waals surface area contributed by atoms with E-state index < -0.39 is 0 Å². The molecule has 1 atom stereocenters. The molecule has 3 aromatic rings. The van der Waals surface area contributed by atoms with E-state index in [1.807, 2.05) is 54.0 Å². The number of thiophene rings is 1. The van der Waals surface area contributed by atoms with Crippen LogP contribution in [0, 0.1) is 0 Å². The number of hydrogen-bond acceptors (Lipinski definition) is 7. The van der Waals surface area contributed by atoms with Crippen molar-refractivity contribution in [3.63, 3.8) is 0 Å². The summed E-state index contributed by atoms with van der Waals surface area (Å²) in [5, 5.41) is 2.03. The molecule has 1 aliphatic carbocycles. The lowest BCUT2D eigenvalue weighted by atomic mass is 9.68. The number of pyridine rings is 1. The number of hydrogen-bond donors (Lipinski definition) is 0. The molecular formula is C30H36N2O4S. The number of carbonyl (C=O) groups excluding carboxylic acids is 1. The lowest BCUT2D eigenvalue weighted by Crippen LogP contribution is -2.48. The van der Waals surface area contributed by atoms with Crippen molar-refractivity contribution in [2.45, 2.75) is 62.5 Å².